The van der Waals surface area contributed by atoms with Crippen molar-refractivity contribution in [3.05, 3.63) is 35.4 Å². The van der Waals surface area contributed by atoms with Crippen LogP contribution in [0, 0.1) is 11.8 Å². The maximum absolute atomic E-state index is 12.4. The first-order chi connectivity index (χ1) is 8.54. The van der Waals surface area contributed by atoms with Crippen LogP contribution in [-0.2, 0) is 12.6 Å². The number of aliphatic hydroxyl groups excluding tert-OH is 1. The summed E-state index contributed by atoms with van der Waals surface area (Å²) in [6, 6.07) is 5.31. The van der Waals surface area contributed by atoms with Gasteiger partial charge in [0, 0.05) is 19.4 Å². The van der Waals surface area contributed by atoms with E-state index in [9.17, 15) is 13.2 Å². The molecule has 0 atom stereocenters. The smallest absolute Gasteiger partial charge is 0.396 e. The van der Waals surface area contributed by atoms with Gasteiger partial charge in [0.25, 0.3) is 0 Å². The molecule has 0 fully saturated rings. The lowest BCUT2D eigenvalue weighted by molar-refractivity contribution is -0.137. The van der Waals surface area contributed by atoms with Gasteiger partial charge in [-0.1, -0.05) is 18.2 Å². The number of unbranched alkanes of at least 4 members (excludes halogenated alkanes) is 1. The topological polar surface area (TPSA) is 20.2 Å². The summed E-state index contributed by atoms with van der Waals surface area (Å²) in [6.07, 6.45) is -1.98. The molecular weight excluding hydrogens is 241 g/mol. The highest BCUT2D eigenvalue weighted by Crippen LogP contribution is 2.29. The van der Waals surface area contributed by atoms with Gasteiger partial charge in [-0.2, -0.15) is 13.2 Å². The molecule has 0 aliphatic heterocycles. The molecule has 1 aromatic rings. The summed E-state index contributed by atoms with van der Waals surface area (Å²) < 4.78 is 37.3. The van der Waals surface area contributed by atoms with Gasteiger partial charge in [0.1, 0.15) is 0 Å². The number of benzene rings is 1. The summed E-state index contributed by atoms with van der Waals surface area (Å²) in [5, 5.41) is 8.53. The van der Waals surface area contributed by atoms with Crippen molar-refractivity contribution in [1.82, 2.24) is 0 Å². The minimum atomic E-state index is -4.29. The van der Waals surface area contributed by atoms with Crippen LogP contribution in [0.4, 0.5) is 13.2 Å². The number of hydrogen-bond acceptors (Lipinski definition) is 1. The van der Waals surface area contributed by atoms with Crippen LogP contribution in [0.3, 0.4) is 0 Å². The Bertz CT molecular complexity index is 427. The molecule has 0 aliphatic rings. The lowest BCUT2D eigenvalue weighted by atomic mass is 10.1. The zero-order valence-electron chi connectivity index (χ0n) is 9.93. The number of alkyl halides is 3. The summed E-state index contributed by atoms with van der Waals surface area (Å²) in [4.78, 5) is 0. The third kappa shape index (κ3) is 5.24. The highest BCUT2D eigenvalue weighted by molar-refractivity contribution is 5.26. The van der Waals surface area contributed by atoms with Crippen molar-refractivity contribution in [3.63, 3.8) is 0 Å². The number of aryl methyl sites for hydroxylation is 1. The second-order valence-electron chi connectivity index (χ2n) is 3.88. The largest absolute Gasteiger partial charge is 0.416 e. The summed E-state index contributed by atoms with van der Waals surface area (Å²) in [7, 11) is 0. The Kier molecular flexibility index (Phi) is 5.73. The summed E-state index contributed by atoms with van der Waals surface area (Å²) >= 11 is 0. The van der Waals surface area contributed by atoms with E-state index in [0.29, 0.717) is 31.2 Å². The van der Waals surface area contributed by atoms with Gasteiger partial charge >= 0.3 is 6.18 Å². The number of halogens is 3. The lowest BCUT2D eigenvalue weighted by Crippen LogP contribution is -2.05. The van der Waals surface area contributed by atoms with Crippen molar-refractivity contribution in [1.29, 1.82) is 0 Å². The molecule has 98 valence electrons. The van der Waals surface area contributed by atoms with Crippen LogP contribution in [0.25, 0.3) is 0 Å². The molecule has 4 heteroatoms. The van der Waals surface area contributed by atoms with Gasteiger partial charge in [-0.25, -0.2) is 0 Å². The van der Waals surface area contributed by atoms with Gasteiger partial charge in [-0.3, -0.25) is 0 Å². The quantitative estimate of drug-likeness (QED) is 0.646. The third-order valence-corrected chi connectivity index (χ3v) is 2.38. The van der Waals surface area contributed by atoms with Crippen molar-refractivity contribution in [3.8, 4) is 11.8 Å². The van der Waals surface area contributed by atoms with Gasteiger partial charge in [-0.05, 0) is 24.5 Å². The normalized spacial score (nSPS) is 10.9. The van der Waals surface area contributed by atoms with Gasteiger partial charge in [0.05, 0.1) is 5.56 Å². The standard InChI is InChI=1S/C14H15F3O/c15-14(16,17)13-9-6-8-12(11-13)7-4-2-1-3-5-10-18/h6,8-9,11,18H,3-5,7,10H2. The van der Waals surface area contributed by atoms with Crippen LogP contribution < -0.4 is 0 Å². The van der Waals surface area contributed by atoms with Crippen LogP contribution in [-0.4, -0.2) is 11.7 Å². The Morgan fingerprint density at radius 3 is 2.50 bits per heavy atom. The summed E-state index contributed by atoms with van der Waals surface area (Å²) in [5.74, 6) is 5.75. The average molecular weight is 256 g/mol. The van der Waals surface area contributed by atoms with E-state index in [1.165, 1.54) is 6.07 Å². The SMILES string of the molecule is OCCCC#CCCc1cccc(C(F)(F)F)c1. The summed E-state index contributed by atoms with van der Waals surface area (Å²) in [6.45, 7) is 0.113. The van der Waals surface area contributed by atoms with Crippen molar-refractivity contribution in [2.75, 3.05) is 6.61 Å². The van der Waals surface area contributed by atoms with Gasteiger partial charge in [-0.15, -0.1) is 11.8 Å². The van der Waals surface area contributed by atoms with Crippen molar-refractivity contribution in [2.24, 2.45) is 0 Å². The molecule has 0 saturated carbocycles. The first kappa shape index (κ1) is 14.6. The second kappa shape index (κ2) is 7.07. The van der Waals surface area contributed by atoms with Crippen molar-refractivity contribution < 1.29 is 18.3 Å². The van der Waals surface area contributed by atoms with Crippen LogP contribution in [0.2, 0.25) is 0 Å². The average Bonchev–Trinajstić information content (AvgIpc) is 2.33. The lowest BCUT2D eigenvalue weighted by Gasteiger charge is -2.07. The minimum Gasteiger partial charge on any atom is -0.396 e. The second-order valence-corrected chi connectivity index (χ2v) is 3.88. The van der Waals surface area contributed by atoms with E-state index in [4.69, 9.17) is 5.11 Å². The molecule has 0 saturated heterocycles. The molecule has 0 spiro atoms. The van der Waals surface area contributed by atoms with E-state index in [1.54, 1.807) is 6.07 Å². The van der Waals surface area contributed by atoms with E-state index in [-0.39, 0.29) is 6.61 Å². The number of hydrogen-bond donors (Lipinski definition) is 1. The zero-order chi connectivity index (χ0) is 13.4. The molecule has 0 amide bonds. The molecule has 1 rings (SSSR count). The fourth-order valence-electron chi connectivity index (χ4n) is 1.45. The molecule has 0 aliphatic carbocycles. The molecule has 0 unspecified atom stereocenters. The van der Waals surface area contributed by atoms with E-state index in [1.807, 2.05) is 0 Å². The fraction of sp³-hybridized carbons (Fsp3) is 0.429. The highest BCUT2D eigenvalue weighted by atomic mass is 19.4. The molecule has 1 nitrogen and oxygen atoms in total. The van der Waals surface area contributed by atoms with Crippen molar-refractivity contribution >= 4 is 0 Å². The number of rotatable bonds is 4. The molecular formula is C14H15F3O. The van der Waals surface area contributed by atoms with Gasteiger partial charge in [0.2, 0.25) is 0 Å². The summed E-state index contributed by atoms with van der Waals surface area (Å²) in [5.41, 5.74) is 0.0227. The Balaban J connectivity index is 2.50. The zero-order valence-corrected chi connectivity index (χ0v) is 9.93. The van der Waals surface area contributed by atoms with Crippen LogP contribution in [0.15, 0.2) is 24.3 Å². The van der Waals surface area contributed by atoms with E-state index >= 15 is 0 Å². The van der Waals surface area contributed by atoms with Crippen molar-refractivity contribution in [2.45, 2.75) is 31.9 Å². The van der Waals surface area contributed by atoms with Gasteiger partial charge < -0.3 is 5.11 Å². The minimum absolute atomic E-state index is 0.113. The Labute approximate surface area is 105 Å². The third-order valence-electron chi connectivity index (χ3n) is 2.38. The molecule has 0 aromatic heterocycles. The van der Waals surface area contributed by atoms with E-state index in [2.05, 4.69) is 11.8 Å². The maximum atomic E-state index is 12.4. The highest BCUT2D eigenvalue weighted by Gasteiger charge is 2.30. The molecule has 0 radical (unpaired) electrons. The van der Waals surface area contributed by atoms with Crippen LogP contribution >= 0.6 is 0 Å². The maximum Gasteiger partial charge on any atom is 0.416 e. The monoisotopic (exact) mass is 256 g/mol. The van der Waals surface area contributed by atoms with E-state index in [0.717, 1.165) is 12.1 Å². The number of aliphatic hydroxyl groups is 1. The molecule has 1 N–H and O–H groups in total. The molecule has 0 heterocycles. The Morgan fingerprint density at radius 2 is 1.83 bits per heavy atom. The Morgan fingerprint density at radius 1 is 1.11 bits per heavy atom. The first-order valence-electron chi connectivity index (χ1n) is 5.77. The van der Waals surface area contributed by atoms with Crippen LogP contribution in [0.5, 0.6) is 0 Å². The van der Waals surface area contributed by atoms with Gasteiger partial charge in [0.15, 0.2) is 0 Å². The van der Waals surface area contributed by atoms with E-state index < -0.39 is 11.7 Å². The Hall–Kier alpha value is -1.47. The first-order valence-corrected chi connectivity index (χ1v) is 5.77. The molecule has 1 aromatic carbocycles. The molecule has 0 bridgehead atoms. The predicted molar refractivity (Wildman–Crippen MR) is 63.9 cm³/mol. The predicted octanol–water partition coefficient (Wildman–Crippen LogP) is 3.41. The van der Waals surface area contributed by atoms with Crippen LogP contribution in [0.1, 0.15) is 30.4 Å². The molecule has 18 heavy (non-hydrogen) atoms. The fourth-order valence-corrected chi connectivity index (χ4v) is 1.45.